The molecule has 0 unspecified atom stereocenters. The molecule has 2 aliphatic heterocycles. The fourth-order valence-electron chi connectivity index (χ4n) is 3.04. The van der Waals surface area contributed by atoms with E-state index < -0.39 is 0 Å². The first-order chi connectivity index (χ1) is 11.7. The minimum absolute atomic E-state index is 0.125. The first-order valence-corrected chi connectivity index (χ1v) is 8.11. The maximum atomic E-state index is 12.8. The lowest BCUT2D eigenvalue weighted by Crippen LogP contribution is -2.43. The highest BCUT2D eigenvalue weighted by Crippen LogP contribution is 2.35. The van der Waals surface area contributed by atoms with Crippen LogP contribution in [0.3, 0.4) is 0 Å². The van der Waals surface area contributed by atoms with E-state index in [-0.39, 0.29) is 11.9 Å². The second-order valence-electron chi connectivity index (χ2n) is 6.02. The third-order valence-electron chi connectivity index (χ3n) is 4.40. The number of hydrogen-bond donors (Lipinski definition) is 1. The lowest BCUT2D eigenvalue weighted by atomic mass is 10.0. The Morgan fingerprint density at radius 2 is 1.92 bits per heavy atom. The highest BCUT2D eigenvalue weighted by atomic mass is 16.6. The molecule has 4 rings (SSSR count). The summed E-state index contributed by atoms with van der Waals surface area (Å²) in [6.45, 7) is 2.34. The Hall–Kier alpha value is -2.54. The zero-order valence-corrected chi connectivity index (χ0v) is 13.2. The van der Waals surface area contributed by atoms with E-state index in [4.69, 9.17) is 19.6 Å². The molecular formula is C17H19N3O4. The first kappa shape index (κ1) is 15.0. The van der Waals surface area contributed by atoms with E-state index in [0.717, 1.165) is 18.4 Å². The summed E-state index contributed by atoms with van der Waals surface area (Å²) in [6, 6.07) is 5.65. The number of nitrogens with zero attached hydrogens (tertiary/aromatic N) is 2. The smallest absolute Gasteiger partial charge is 0.276 e. The number of hydrogen-bond acceptors (Lipinski definition) is 6. The summed E-state index contributed by atoms with van der Waals surface area (Å²) >= 11 is 0. The molecule has 1 aromatic heterocycles. The summed E-state index contributed by atoms with van der Waals surface area (Å²) in [4.78, 5) is 18.7. The van der Waals surface area contributed by atoms with E-state index >= 15 is 0 Å². The minimum Gasteiger partial charge on any atom is -0.486 e. The van der Waals surface area contributed by atoms with Gasteiger partial charge in [-0.25, -0.2) is 4.98 Å². The maximum Gasteiger partial charge on any atom is 0.276 e. The van der Waals surface area contributed by atoms with Crippen LogP contribution in [-0.4, -0.2) is 48.1 Å². The lowest BCUT2D eigenvalue weighted by molar-refractivity contribution is 0.0710. The molecule has 2 aliphatic rings. The lowest BCUT2D eigenvalue weighted by Gasteiger charge is -2.29. The Kier molecular flexibility index (Phi) is 3.86. The molecule has 7 heteroatoms. The van der Waals surface area contributed by atoms with Crippen molar-refractivity contribution in [2.45, 2.75) is 18.9 Å². The maximum absolute atomic E-state index is 12.8. The molecule has 2 aromatic rings. The minimum atomic E-state index is -0.125. The van der Waals surface area contributed by atoms with Crippen LogP contribution in [0.4, 0.5) is 0 Å². The van der Waals surface area contributed by atoms with Crippen LogP contribution in [0, 0.1) is 0 Å². The fraction of sp³-hybridized carbons (Fsp3) is 0.412. The van der Waals surface area contributed by atoms with Gasteiger partial charge in [0.2, 0.25) is 0 Å². The fourth-order valence-corrected chi connectivity index (χ4v) is 3.04. The SMILES string of the molecule is NC1CCN(C(=O)c2ncoc2-c2ccc3c(c2)OCCO3)CC1. The van der Waals surface area contributed by atoms with Crippen molar-refractivity contribution in [3.05, 3.63) is 30.3 Å². The van der Waals surface area contributed by atoms with Crippen LogP contribution < -0.4 is 15.2 Å². The quantitative estimate of drug-likeness (QED) is 0.901. The zero-order chi connectivity index (χ0) is 16.5. The molecule has 126 valence electrons. The highest BCUT2D eigenvalue weighted by molar-refractivity contribution is 5.97. The van der Waals surface area contributed by atoms with Gasteiger partial charge in [-0.2, -0.15) is 0 Å². The van der Waals surface area contributed by atoms with Crippen LogP contribution in [0.2, 0.25) is 0 Å². The number of ether oxygens (including phenoxy) is 2. The van der Waals surface area contributed by atoms with E-state index in [0.29, 0.717) is 49.3 Å². The van der Waals surface area contributed by atoms with Crippen molar-refractivity contribution in [3.8, 4) is 22.8 Å². The van der Waals surface area contributed by atoms with Gasteiger partial charge in [-0.1, -0.05) is 0 Å². The van der Waals surface area contributed by atoms with Crippen LogP contribution in [0.5, 0.6) is 11.5 Å². The Morgan fingerprint density at radius 3 is 2.71 bits per heavy atom. The predicted octanol–water partition coefficient (Wildman–Crippen LogP) is 1.68. The van der Waals surface area contributed by atoms with Gasteiger partial charge < -0.3 is 24.5 Å². The third kappa shape index (κ3) is 2.71. The van der Waals surface area contributed by atoms with Crippen LogP contribution in [-0.2, 0) is 0 Å². The number of likely N-dealkylation sites (tertiary alicyclic amines) is 1. The molecule has 0 radical (unpaired) electrons. The molecule has 0 aliphatic carbocycles. The van der Waals surface area contributed by atoms with Gasteiger partial charge in [0.15, 0.2) is 29.3 Å². The molecular weight excluding hydrogens is 310 g/mol. The Morgan fingerprint density at radius 1 is 1.17 bits per heavy atom. The number of piperidine rings is 1. The van der Waals surface area contributed by atoms with Crippen LogP contribution in [0.25, 0.3) is 11.3 Å². The third-order valence-corrected chi connectivity index (χ3v) is 4.40. The van der Waals surface area contributed by atoms with Crippen molar-refractivity contribution in [1.29, 1.82) is 0 Å². The molecule has 2 N–H and O–H groups in total. The Balaban J connectivity index is 1.61. The van der Waals surface area contributed by atoms with Crippen molar-refractivity contribution in [2.24, 2.45) is 5.73 Å². The molecule has 0 atom stereocenters. The Labute approximate surface area is 139 Å². The second kappa shape index (κ2) is 6.16. The monoisotopic (exact) mass is 329 g/mol. The van der Waals surface area contributed by atoms with Gasteiger partial charge in [0, 0.05) is 24.7 Å². The second-order valence-corrected chi connectivity index (χ2v) is 6.02. The number of carbonyl (C=O) groups excluding carboxylic acids is 1. The van der Waals surface area contributed by atoms with E-state index in [2.05, 4.69) is 4.98 Å². The van der Waals surface area contributed by atoms with Crippen molar-refractivity contribution >= 4 is 5.91 Å². The predicted molar refractivity (Wildman–Crippen MR) is 86.0 cm³/mol. The summed E-state index contributed by atoms with van der Waals surface area (Å²) in [5.74, 6) is 1.67. The molecule has 0 bridgehead atoms. The zero-order valence-electron chi connectivity index (χ0n) is 13.2. The van der Waals surface area contributed by atoms with Gasteiger partial charge >= 0.3 is 0 Å². The number of carbonyl (C=O) groups is 1. The largest absolute Gasteiger partial charge is 0.486 e. The molecule has 1 amide bonds. The topological polar surface area (TPSA) is 90.8 Å². The molecule has 7 nitrogen and oxygen atoms in total. The van der Waals surface area contributed by atoms with Crippen molar-refractivity contribution < 1.29 is 18.7 Å². The molecule has 0 saturated carbocycles. The van der Waals surface area contributed by atoms with E-state index in [9.17, 15) is 4.79 Å². The molecule has 0 spiro atoms. The number of rotatable bonds is 2. The summed E-state index contributed by atoms with van der Waals surface area (Å²) in [7, 11) is 0. The number of fused-ring (bicyclic) bond motifs is 1. The average Bonchev–Trinajstić information content (AvgIpc) is 3.11. The number of benzene rings is 1. The van der Waals surface area contributed by atoms with Crippen molar-refractivity contribution in [3.63, 3.8) is 0 Å². The van der Waals surface area contributed by atoms with Crippen molar-refractivity contribution in [2.75, 3.05) is 26.3 Å². The average molecular weight is 329 g/mol. The van der Waals surface area contributed by atoms with Crippen molar-refractivity contribution in [1.82, 2.24) is 9.88 Å². The normalized spacial score (nSPS) is 17.8. The highest BCUT2D eigenvalue weighted by Gasteiger charge is 2.27. The first-order valence-electron chi connectivity index (χ1n) is 8.11. The van der Waals surface area contributed by atoms with Gasteiger partial charge in [-0.05, 0) is 31.0 Å². The molecule has 24 heavy (non-hydrogen) atoms. The van der Waals surface area contributed by atoms with Gasteiger partial charge in [-0.15, -0.1) is 0 Å². The Bertz CT molecular complexity index is 750. The van der Waals surface area contributed by atoms with E-state index in [1.807, 2.05) is 18.2 Å². The van der Waals surface area contributed by atoms with Crippen LogP contribution in [0.1, 0.15) is 23.3 Å². The summed E-state index contributed by atoms with van der Waals surface area (Å²) in [5, 5.41) is 0. The van der Waals surface area contributed by atoms with Gasteiger partial charge in [0.1, 0.15) is 13.2 Å². The summed E-state index contributed by atoms with van der Waals surface area (Å²) in [6.07, 6.45) is 2.92. The van der Waals surface area contributed by atoms with Gasteiger partial charge in [0.25, 0.3) is 5.91 Å². The van der Waals surface area contributed by atoms with Gasteiger partial charge in [-0.3, -0.25) is 4.79 Å². The summed E-state index contributed by atoms with van der Waals surface area (Å²) in [5.41, 5.74) is 6.97. The summed E-state index contributed by atoms with van der Waals surface area (Å²) < 4.78 is 16.6. The van der Waals surface area contributed by atoms with E-state index in [1.165, 1.54) is 6.39 Å². The molecule has 1 fully saturated rings. The number of aromatic nitrogens is 1. The standard InChI is InChI=1S/C17H19N3O4/c18-12-3-5-20(6-4-12)17(21)15-16(24-10-19-15)11-1-2-13-14(9-11)23-8-7-22-13/h1-2,9-10,12H,3-8,18H2. The molecule has 1 saturated heterocycles. The number of amides is 1. The van der Waals surface area contributed by atoms with Crippen LogP contribution >= 0.6 is 0 Å². The number of nitrogens with two attached hydrogens (primary N) is 1. The van der Waals surface area contributed by atoms with E-state index in [1.54, 1.807) is 4.90 Å². The van der Waals surface area contributed by atoms with Gasteiger partial charge in [0.05, 0.1) is 0 Å². The molecule has 1 aromatic carbocycles. The molecule has 3 heterocycles. The number of oxazole rings is 1. The van der Waals surface area contributed by atoms with Crippen LogP contribution in [0.15, 0.2) is 29.0 Å².